The van der Waals surface area contributed by atoms with Gasteiger partial charge in [0.05, 0.1) is 5.69 Å². The van der Waals surface area contributed by atoms with E-state index < -0.39 is 17.9 Å². The van der Waals surface area contributed by atoms with E-state index in [2.05, 4.69) is 0 Å². The Morgan fingerprint density at radius 2 is 2.36 bits per heavy atom. The summed E-state index contributed by atoms with van der Waals surface area (Å²) in [6.45, 7) is 0. The highest BCUT2D eigenvalue weighted by Crippen LogP contribution is 2.34. The van der Waals surface area contributed by atoms with E-state index in [-0.39, 0.29) is 12.1 Å². The number of rotatable bonds is 1. The molecular weight excluding hydrogens is 189 g/mol. The van der Waals surface area contributed by atoms with Crippen LogP contribution in [-0.2, 0) is 11.2 Å². The van der Waals surface area contributed by atoms with Crippen LogP contribution in [0.15, 0.2) is 12.1 Å². The molecule has 0 spiro atoms. The number of carboxylic acid groups (broad SMARTS) is 1. The maximum Gasteiger partial charge on any atom is 0.345 e. The Morgan fingerprint density at radius 3 is 3.00 bits per heavy atom. The van der Waals surface area contributed by atoms with Crippen LogP contribution in [0.3, 0.4) is 0 Å². The highest BCUT2D eigenvalue weighted by molar-refractivity contribution is 5.76. The van der Waals surface area contributed by atoms with Gasteiger partial charge in [-0.15, -0.1) is 0 Å². The third kappa shape index (κ3) is 1.17. The number of carbonyl (C=O) groups is 1. The Morgan fingerprint density at radius 1 is 1.64 bits per heavy atom. The van der Waals surface area contributed by atoms with E-state index in [1.807, 2.05) is 0 Å². The first-order chi connectivity index (χ1) is 6.59. The van der Waals surface area contributed by atoms with Gasteiger partial charge in [-0.3, -0.25) is 0 Å². The second-order valence-electron chi connectivity index (χ2n) is 3.09. The molecule has 1 aromatic carbocycles. The molecule has 5 heteroatoms. The van der Waals surface area contributed by atoms with Crippen LogP contribution in [0.1, 0.15) is 5.56 Å². The molecule has 2 rings (SSSR count). The summed E-state index contributed by atoms with van der Waals surface area (Å²) >= 11 is 0. The lowest BCUT2D eigenvalue weighted by molar-refractivity contribution is -0.144. The maximum atomic E-state index is 13.0. The Labute approximate surface area is 79.1 Å². The number of benzene rings is 1. The van der Waals surface area contributed by atoms with Crippen LogP contribution in [0.4, 0.5) is 10.1 Å². The number of hydrogen-bond acceptors (Lipinski definition) is 3. The summed E-state index contributed by atoms with van der Waals surface area (Å²) in [5.74, 6) is -1.25. The van der Waals surface area contributed by atoms with Crippen molar-refractivity contribution >= 4 is 11.7 Å². The molecule has 1 aliphatic rings. The molecule has 1 aliphatic heterocycles. The quantitative estimate of drug-likeness (QED) is 0.653. The number of aliphatic carboxylic acids is 1. The van der Waals surface area contributed by atoms with Crippen LogP contribution in [0.25, 0.3) is 0 Å². The topological polar surface area (TPSA) is 72.6 Å². The van der Waals surface area contributed by atoms with Gasteiger partial charge in [-0.25, -0.2) is 9.18 Å². The van der Waals surface area contributed by atoms with E-state index in [4.69, 9.17) is 15.6 Å². The number of nitrogen functional groups attached to an aromatic ring is 1. The number of carboxylic acids is 1. The van der Waals surface area contributed by atoms with E-state index >= 15 is 0 Å². The third-order valence-corrected chi connectivity index (χ3v) is 2.20. The number of nitrogens with two attached hydrogens (primary N) is 1. The second kappa shape index (κ2) is 2.87. The standard InChI is InChI=1S/C9H8FNO3/c10-5-1-2-6-4(8(5)11)3-7(14-6)9(12)13/h1-2,7H,3,11H2,(H,12,13). The zero-order valence-electron chi connectivity index (χ0n) is 7.16. The number of fused-ring (bicyclic) bond motifs is 1. The molecule has 0 radical (unpaired) electrons. The van der Waals surface area contributed by atoms with Gasteiger partial charge >= 0.3 is 5.97 Å². The summed E-state index contributed by atoms with van der Waals surface area (Å²) in [7, 11) is 0. The molecule has 1 atom stereocenters. The van der Waals surface area contributed by atoms with Crippen molar-refractivity contribution in [2.24, 2.45) is 0 Å². The van der Waals surface area contributed by atoms with Gasteiger partial charge in [0.2, 0.25) is 0 Å². The van der Waals surface area contributed by atoms with Gasteiger partial charge < -0.3 is 15.6 Å². The molecule has 0 saturated carbocycles. The van der Waals surface area contributed by atoms with Gasteiger partial charge in [0.25, 0.3) is 0 Å². The first-order valence-corrected chi connectivity index (χ1v) is 4.06. The zero-order valence-corrected chi connectivity index (χ0v) is 7.16. The lowest BCUT2D eigenvalue weighted by Gasteiger charge is -2.03. The largest absolute Gasteiger partial charge is 0.478 e. The summed E-state index contributed by atoms with van der Waals surface area (Å²) < 4.78 is 18.0. The van der Waals surface area contributed by atoms with E-state index in [0.29, 0.717) is 11.3 Å². The van der Waals surface area contributed by atoms with Crippen molar-refractivity contribution in [3.05, 3.63) is 23.5 Å². The van der Waals surface area contributed by atoms with E-state index in [9.17, 15) is 9.18 Å². The van der Waals surface area contributed by atoms with Gasteiger partial charge in [0, 0.05) is 12.0 Å². The lowest BCUT2D eigenvalue weighted by atomic mass is 10.1. The van der Waals surface area contributed by atoms with Crippen molar-refractivity contribution in [1.29, 1.82) is 0 Å². The minimum absolute atomic E-state index is 0.0220. The summed E-state index contributed by atoms with van der Waals surface area (Å²) in [5, 5.41) is 8.69. The molecule has 14 heavy (non-hydrogen) atoms. The predicted molar refractivity (Wildman–Crippen MR) is 46.6 cm³/mol. The predicted octanol–water partition coefficient (Wildman–Crippen LogP) is 0.796. The highest BCUT2D eigenvalue weighted by Gasteiger charge is 2.31. The number of anilines is 1. The van der Waals surface area contributed by atoms with Gasteiger partial charge in [0.1, 0.15) is 11.6 Å². The van der Waals surface area contributed by atoms with Crippen molar-refractivity contribution in [3.63, 3.8) is 0 Å². The average molecular weight is 197 g/mol. The second-order valence-corrected chi connectivity index (χ2v) is 3.09. The minimum Gasteiger partial charge on any atom is -0.478 e. The Hall–Kier alpha value is -1.78. The van der Waals surface area contributed by atoms with Crippen molar-refractivity contribution in [2.45, 2.75) is 12.5 Å². The van der Waals surface area contributed by atoms with Crippen LogP contribution in [-0.4, -0.2) is 17.2 Å². The van der Waals surface area contributed by atoms with E-state index in [1.165, 1.54) is 12.1 Å². The molecule has 1 aromatic rings. The van der Waals surface area contributed by atoms with Gasteiger partial charge in [0.15, 0.2) is 6.10 Å². The lowest BCUT2D eigenvalue weighted by Crippen LogP contribution is -2.24. The SMILES string of the molecule is Nc1c(F)ccc2c1CC(C(=O)O)O2. The first-order valence-electron chi connectivity index (χ1n) is 4.06. The smallest absolute Gasteiger partial charge is 0.345 e. The molecule has 0 bridgehead atoms. The Kier molecular flexibility index (Phi) is 1.80. The van der Waals surface area contributed by atoms with Crippen molar-refractivity contribution < 1.29 is 19.0 Å². The number of hydrogen-bond donors (Lipinski definition) is 2. The van der Waals surface area contributed by atoms with Crippen LogP contribution < -0.4 is 10.5 Å². The van der Waals surface area contributed by atoms with E-state index in [1.54, 1.807) is 0 Å². The van der Waals surface area contributed by atoms with Crippen LogP contribution >= 0.6 is 0 Å². The van der Waals surface area contributed by atoms with Crippen molar-refractivity contribution in [1.82, 2.24) is 0 Å². The zero-order chi connectivity index (χ0) is 10.3. The third-order valence-electron chi connectivity index (χ3n) is 2.20. The van der Waals surface area contributed by atoms with E-state index in [0.717, 1.165) is 0 Å². The fourth-order valence-electron chi connectivity index (χ4n) is 1.46. The molecule has 74 valence electrons. The Bertz CT molecular complexity index is 405. The summed E-state index contributed by atoms with van der Waals surface area (Å²) in [6.07, 6.45) is -0.831. The Balaban J connectivity index is 2.40. The maximum absolute atomic E-state index is 13.0. The molecule has 0 fully saturated rings. The molecular formula is C9H8FNO3. The fraction of sp³-hybridized carbons (Fsp3) is 0.222. The first kappa shape index (κ1) is 8.80. The average Bonchev–Trinajstić information content (AvgIpc) is 2.56. The van der Waals surface area contributed by atoms with Crippen LogP contribution in [0.5, 0.6) is 5.75 Å². The summed E-state index contributed by atoms with van der Waals surface area (Å²) in [5.41, 5.74) is 5.87. The molecule has 1 unspecified atom stereocenters. The monoisotopic (exact) mass is 197 g/mol. The molecule has 0 saturated heterocycles. The molecule has 4 nitrogen and oxygen atoms in total. The molecule has 3 N–H and O–H groups in total. The molecule has 0 aliphatic carbocycles. The van der Waals surface area contributed by atoms with Gasteiger partial charge in [-0.05, 0) is 12.1 Å². The molecule has 1 heterocycles. The van der Waals surface area contributed by atoms with Gasteiger partial charge in [-0.2, -0.15) is 0 Å². The summed E-state index contributed by atoms with van der Waals surface area (Å²) in [4.78, 5) is 10.6. The number of ether oxygens (including phenoxy) is 1. The number of halogens is 1. The van der Waals surface area contributed by atoms with Crippen molar-refractivity contribution in [3.8, 4) is 5.75 Å². The van der Waals surface area contributed by atoms with Gasteiger partial charge in [-0.1, -0.05) is 0 Å². The van der Waals surface area contributed by atoms with Crippen LogP contribution in [0, 0.1) is 5.82 Å². The highest BCUT2D eigenvalue weighted by atomic mass is 19.1. The minimum atomic E-state index is -1.07. The molecule has 0 amide bonds. The van der Waals surface area contributed by atoms with Crippen LogP contribution in [0.2, 0.25) is 0 Å². The summed E-state index contributed by atoms with van der Waals surface area (Å²) in [6, 6.07) is 2.56. The van der Waals surface area contributed by atoms with Crippen molar-refractivity contribution in [2.75, 3.05) is 5.73 Å². The normalized spacial score (nSPS) is 18.8. The fourth-order valence-corrected chi connectivity index (χ4v) is 1.46. The molecule has 0 aromatic heterocycles.